The van der Waals surface area contributed by atoms with Crippen LogP contribution in [0.15, 0.2) is 0 Å². The van der Waals surface area contributed by atoms with Crippen LogP contribution < -0.4 is 0 Å². The van der Waals surface area contributed by atoms with Gasteiger partial charge in [0.05, 0.1) is 26.4 Å². The van der Waals surface area contributed by atoms with Gasteiger partial charge in [-0.2, -0.15) is 0 Å². The largest absolute Gasteiger partial charge is 0.381 e. The fourth-order valence-corrected chi connectivity index (χ4v) is 4.10. The number of rotatable bonds is 30. The van der Waals surface area contributed by atoms with Gasteiger partial charge in [0.25, 0.3) is 0 Å². The number of hydrogen-bond donors (Lipinski definition) is 0. The lowest BCUT2D eigenvalue weighted by atomic mass is 10.0. The summed E-state index contributed by atoms with van der Waals surface area (Å²) < 4.78 is 22.9. The van der Waals surface area contributed by atoms with Gasteiger partial charge in [-0.15, -0.1) is 0 Å². The first-order valence-corrected chi connectivity index (χ1v) is 15.2. The van der Waals surface area contributed by atoms with Crippen molar-refractivity contribution in [1.29, 1.82) is 0 Å². The molecule has 0 aliphatic heterocycles. The Morgan fingerprint density at radius 2 is 0.914 bits per heavy atom. The highest BCUT2D eigenvalue weighted by molar-refractivity contribution is 4.50. The Kier molecular flexibility index (Phi) is 29.9. The van der Waals surface area contributed by atoms with E-state index in [1.807, 2.05) is 14.1 Å². The molecule has 0 fully saturated rings. The van der Waals surface area contributed by atoms with Crippen LogP contribution in [0.3, 0.4) is 0 Å². The second kappa shape index (κ2) is 30.0. The molecular formula is C30H63NO4. The minimum absolute atomic E-state index is 0.132. The summed E-state index contributed by atoms with van der Waals surface area (Å²) >= 11 is 0. The predicted molar refractivity (Wildman–Crippen MR) is 150 cm³/mol. The minimum Gasteiger partial charge on any atom is -0.381 e. The van der Waals surface area contributed by atoms with Gasteiger partial charge in [0.2, 0.25) is 0 Å². The first kappa shape index (κ1) is 34.8. The van der Waals surface area contributed by atoms with Gasteiger partial charge in [0, 0.05) is 19.8 Å². The van der Waals surface area contributed by atoms with Crippen molar-refractivity contribution < 1.29 is 18.9 Å². The maximum atomic E-state index is 5.81. The van der Waals surface area contributed by atoms with Gasteiger partial charge in [-0.1, -0.05) is 110 Å². The van der Waals surface area contributed by atoms with Crippen LogP contribution in [-0.4, -0.2) is 71.5 Å². The fraction of sp³-hybridized carbons (Fsp3) is 1.00. The molecule has 5 nitrogen and oxygen atoms in total. The second-order valence-corrected chi connectivity index (χ2v) is 10.3. The first-order chi connectivity index (χ1) is 17.2. The highest BCUT2D eigenvalue weighted by Crippen LogP contribution is 2.13. The van der Waals surface area contributed by atoms with Crippen LogP contribution in [0.5, 0.6) is 0 Å². The van der Waals surface area contributed by atoms with Gasteiger partial charge in [0.15, 0.2) is 6.29 Å². The topological polar surface area (TPSA) is 40.2 Å². The third-order valence-electron chi connectivity index (χ3n) is 6.43. The molecule has 35 heavy (non-hydrogen) atoms. The van der Waals surface area contributed by atoms with E-state index in [1.54, 1.807) is 0 Å². The van der Waals surface area contributed by atoms with Crippen LogP contribution in [0.25, 0.3) is 0 Å². The maximum absolute atomic E-state index is 5.81. The molecule has 0 heterocycles. The van der Waals surface area contributed by atoms with Crippen molar-refractivity contribution in [1.82, 2.24) is 4.90 Å². The molecule has 0 aliphatic carbocycles. The van der Waals surface area contributed by atoms with E-state index < -0.39 is 0 Å². The molecule has 0 aromatic carbocycles. The van der Waals surface area contributed by atoms with Gasteiger partial charge in [0.1, 0.15) is 0 Å². The zero-order chi connectivity index (χ0) is 25.7. The molecule has 0 rings (SSSR count). The van der Waals surface area contributed by atoms with Crippen LogP contribution in [0, 0.1) is 0 Å². The van der Waals surface area contributed by atoms with Crippen molar-refractivity contribution in [2.45, 2.75) is 136 Å². The Labute approximate surface area is 220 Å². The average Bonchev–Trinajstić information content (AvgIpc) is 2.85. The number of likely N-dealkylation sites (N-methyl/N-ethyl adjacent to an activating group) is 1. The number of hydrogen-bond acceptors (Lipinski definition) is 5. The van der Waals surface area contributed by atoms with Crippen LogP contribution in [-0.2, 0) is 18.9 Å². The Morgan fingerprint density at radius 3 is 1.43 bits per heavy atom. The minimum atomic E-state index is -0.132. The molecule has 1 atom stereocenters. The summed E-state index contributed by atoms with van der Waals surface area (Å²) in [6.45, 7) is 9.62. The summed E-state index contributed by atoms with van der Waals surface area (Å²) in [5, 5.41) is 0. The van der Waals surface area contributed by atoms with Crippen molar-refractivity contribution in [3.8, 4) is 0 Å². The molecule has 0 aromatic heterocycles. The zero-order valence-corrected chi connectivity index (χ0v) is 24.3. The van der Waals surface area contributed by atoms with E-state index in [0.717, 1.165) is 39.2 Å². The van der Waals surface area contributed by atoms with Crippen molar-refractivity contribution in [3.63, 3.8) is 0 Å². The quantitative estimate of drug-likeness (QED) is 0.0736. The molecular weight excluding hydrogens is 438 g/mol. The molecule has 0 aliphatic rings. The molecule has 1 unspecified atom stereocenters. The van der Waals surface area contributed by atoms with Gasteiger partial charge in [-0.05, 0) is 33.4 Å². The predicted octanol–water partition coefficient (Wildman–Crippen LogP) is 8.00. The summed E-state index contributed by atoms with van der Waals surface area (Å²) in [7, 11) is 4.09. The van der Waals surface area contributed by atoms with Gasteiger partial charge < -0.3 is 23.8 Å². The lowest BCUT2D eigenvalue weighted by Crippen LogP contribution is -2.22. The summed E-state index contributed by atoms with van der Waals surface area (Å²) in [6, 6.07) is 0. The third kappa shape index (κ3) is 29.9. The molecule has 0 spiro atoms. The Hall–Kier alpha value is -0.200. The summed E-state index contributed by atoms with van der Waals surface area (Å²) in [5.74, 6) is 0. The molecule has 0 saturated carbocycles. The Morgan fingerprint density at radius 1 is 0.457 bits per heavy atom. The van der Waals surface area contributed by atoms with E-state index in [-0.39, 0.29) is 6.29 Å². The monoisotopic (exact) mass is 501 g/mol. The molecule has 0 saturated heterocycles. The third-order valence-corrected chi connectivity index (χ3v) is 6.43. The molecule has 0 amide bonds. The van der Waals surface area contributed by atoms with Crippen LogP contribution in [0.4, 0.5) is 0 Å². The van der Waals surface area contributed by atoms with Crippen molar-refractivity contribution >= 4 is 0 Å². The SMILES string of the molecule is CCCCCCCCCCCCCCCCCCOCCCOC(CC)OCCOCCN(C)C. The number of nitrogens with zero attached hydrogens (tertiary/aromatic N) is 1. The van der Waals surface area contributed by atoms with E-state index in [2.05, 4.69) is 18.7 Å². The first-order valence-electron chi connectivity index (χ1n) is 15.2. The van der Waals surface area contributed by atoms with Gasteiger partial charge in [-0.3, -0.25) is 0 Å². The molecule has 0 bridgehead atoms. The van der Waals surface area contributed by atoms with Gasteiger partial charge >= 0.3 is 0 Å². The summed E-state index contributed by atoms with van der Waals surface area (Å²) in [4.78, 5) is 2.11. The van der Waals surface area contributed by atoms with E-state index in [0.29, 0.717) is 19.8 Å². The Bertz CT molecular complexity index is 381. The standard InChI is InChI=1S/C30H63NO4/c1-5-7-8-9-10-11-12-13-14-15-16-17-18-19-20-21-24-32-25-22-26-34-30(6-2)35-29-28-33-27-23-31(3)4/h30H,5-29H2,1-4H3. The smallest absolute Gasteiger partial charge is 0.157 e. The van der Waals surface area contributed by atoms with Crippen LogP contribution in [0.1, 0.15) is 129 Å². The molecule has 0 N–H and O–H groups in total. The molecule has 0 aromatic rings. The lowest BCUT2D eigenvalue weighted by molar-refractivity contribution is -0.153. The van der Waals surface area contributed by atoms with Crippen LogP contribution >= 0.6 is 0 Å². The van der Waals surface area contributed by atoms with E-state index >= 15 is 0 Å². The highest BCUT2D eigenvalue weighted by atomic mass is 16.7. The maximum Gasteiger partial charge on any atom is 0.157 e. The van der Waals surface area contributed by atoms with Crippen molar-refractivity contribution in [2.24, 2.45) is 0 Å². The van der Waals surface area contributed by atoms with Crippen LogP contribution in [0.2, 0.25) is 0 Å². The van der Waals surface area contributed by atoms with E-state index in [9.17, 15) is 0 Å². The normalized spacial score (nSPS) is 12.6. The fourth-order valence-electron chi connectivity index (χ4n) is 4.10. The molecule has 212 valence electrons. The van der Waals surface area contributed by atoms with Crippen molar-refractivity contribution in [2.75, 3.05) is 60.3 Å². The van der Waals surface area contributed by atoms with Gasteiger partial charge in [-0.25, -0.2) is 0 Å². The summed E-state index contributed by atoms with van der Waals surface area (Å²) in [5.41, 5.74) is 0. The zero-order valence-electron chi connectivity index (χ0n) is 24.3. The lowest BCUT2D eigenvalue weighted by Gasteiger charge is -2.17. The van der Waals surface area contributed by atoms with E-state index in [1.165, 1.54) is 103 Å². The Balaban J connectivity index is 3.20. The number of ether oxygens (including phenoxy) is 4. The van der Waals surface area contributed by atoms with E-state index in [4.69, 9.17) is 18.9 Å². The summed E-state index contributed by atoms with van der Waals surface area (Å²) in [6.07, 6.45) is 24.1. The highest BCUT2D eigenvalue weighted by Gasteiger charge is 2.06. The second-order valence-electron chi connectivity index (χ2n) is 10.3. The average molecular weight is 502 g/mol. The molecule has 0 radical (unpaired) electrons. The number of unbranched alkanes of at least 4 members (excludes halogenated alkanes) is 15. The van der Waals surface area contributed by atoms with Crippen molar-refractivity contribution in [3.05, 3.63) is 0 Å². The molecule has 5 heteroatoms.